The maximum atomic E-state index is 13.6. The second-order valence-corrected chi connectivity index (χ2v) is 8.70. The standard InChI is InChI=1S/C19H19FN2O2S/c20-14-4-7-18-17(9-14)19(11-22-18)25(23,24)15-5-6-16-12(8-15)2-1-3-13(16)10-21/h4-9,11,13,19H,1-3,10,21H2/t13?,19-/m0/s1. The Morgan fingerprint density at radius 3 is 2.80 bits per heavy atom. The summed E-state index contributed by atoms with van der Waals surface area (Å²) in [5.41, 5.74) is 8.95. The Morgan fingerprint density at radius 2 is 2.00 bits per heavy atom. The summed E-state index contributed by atoms with van der Waals surface area (Å²) in [4.78, 5) is 4.40. The van der Waals surface area contributed by atoms with Crippen LogP contribution in [0.25, 0.3) is 0 Å². The monoisotopic (exact) mass is 358 g/mol. The van der Waals surface area contributed by atoms with Crippen molar-refractivity contribution < 1.29 is 12.8 Å². The minimum absolute atomic E-state index is 0.262. The smallest absolute Gasteiger partial charge is 0.190 e. The van der Waals surface area contributed by atoms with E-state index in [0.29, 0.717) is 23.7 Å². The van der Waals surface area contributed by atoms with Crippen LogP contribution in [-0.2, 0) is 16.3 Å². The molecule has 0 amide bonds. The van der Waals surface area contributed by atoms with Crippen molar-refractivity contribution in [3.63, 3.8) is 0 Å². The second kappa shape index (κ2) is 6.04. The summed E-state index contributed by atoms with van der Waals surface area (Å²) in [6, 6.07) is 9.35. The van der Waals surface area contributed by atoms with Crippen LogP contribution in [0.3, 0.4) is 0 Å². The topological polar surface area (TPSA) is 72.5 Å². The van der Waals surface area contributed by atoms with Crippen LogP contribution < -0.4 is 5.73 Å². The molecule has 0 fully saturated rings. The van der Waals surface area contributed by atoms with E-state index in [0.717, 1.165) is 30.4 Å². The Bertz CT molecular complexity index is 969. The van der Waals surface area contributed by atoms with Gasteiger partial charge in [0.2, 0.25) is 0 Å². The number of rotatable bonds is 3. The van der Waals surface area contributed by atoms with Crippen LogP contribution in [0.1, 0.15) is 40.7 Å². The average molecular weight is 358 g/mol. The summed E-state index contributed by atoms with van der Waals surface area (Å²) in [5, 5.41) is -0.940. The molecule has 0 spiro atoms. The lowest BCUT2D eigenvalue weighted by Crippen LogP contribution is -2.19. The average Bonchev–Trinajstić information content (AvgIpc) is 3.04. The lowest BCUT2D eigenvalue weighted by molar-refractivity contribution is 0.558. The Kier molecular flexibility index (Phi) is 3.96. The molecule has 2 aromatic rings. The van der Waals surface area contributed by atoms with E-state index in [1.54, 1.807) is 12.1 Å². The third-order valence-electron chi connectivity index (χ3n) is 5.15. The van der Waals surface area contributed by atoms with Crippen LogP contribution in [0.15, 0.2) is 46.3 Å². The summed E-state index contributed by atoms with van der Waals surface area (Å²) in [5.74, 6) is -0.163. The normalized spacial score (nSPS) is 21.8. The molecule has 1 aliphatic carbocycles. The molecule has 2 aromatic carbocycles. The van der Waals surface area contributed by atoms with Crippen molar-refractivity contribution in [2.45, 2.75) is 35.3 Å². The van der Waals surface area contributed by atoms with Crippen LogP contribution in [0.4, 0.5) is 10.1 Å². The highest BCUT2D eigenvalue weighted by Gasteiger charge is 2.34. The van der Waals surface area contributed by atoms with E-state index >= 15 is 0 Å². The van der Waals surface area contributed by atoms with Gasteiger partial charge in [0.15, 0.2) is 9.84 Å². The number of hydrogen-bond donors (Lipinski definition) is 1. The molecule has 2 aliphatic rings. The molecule has 0 bridgehead atoms. The van der Waals surface area contributed by atoms with Crippen molar-refractivity contribution >= 4 is 21.7 Å². The first-order valence-electron chi connectivity index (χ1n) is 8.41. The van der Waals surface area contributed by atoms with Crippen molar-refractivity contribution in [1.29, 1.82) is 0 Å². The van der Waals surface area contributed by atoms with Gasteiger partial charge in [-0.1, -0.05) is 6.07 Å². The maximum absolute atomic E-state index is 13.6. The second-order valence-electron chi connectivity index (χ2n) is 6.63. The minimum Gasteiger partial charge on any atom is -0.330 e. The van der Waals surface area contributed by atoms with Gasteiger partial charge in [0.05, 0.1) is 10.6 Å². The molecule has 4 nitrogen and oxygen atoms in total. The predicted molar refractivity (Wildman–Crippen MR) is 95.7 cm³/mol. The summed E-state index contributed by atoms with van der Waals surface area (Å²) in [6.45, 7) is 0.570. The molecule has 4 rings (SSSR count). The molecule has 2 atom stereocenters. The first-order chi connectivity index (χ1) is 12.0. The van der Waals surface area contributed by atoms with E-state index in [4.69, 9.17) is 5.73 Å². The van der Waals surface area contributed by atoms with Crippen LogP contribution in [0, 0.1) is 5.82 Å². The van der Waals surface area contributed by atoms with Gasteiger partial charge in [0.25, 0.3) is 0 Å². The van der Waals surface area contributed by atoms with Crippen molar-refractivity contribution in [1.82, 2.24) is 0 Å². The van der Waals surface area contributed by atoms with Crippen molar-refractivity contribution in [2.75, 3.05) is 6.54 Å². The summed E-state index contributed by atoms with van der Waals surface area (Å²) >= 11 is 0. The molecule has 0 saturated heterocycles. The van der Waals surface area contributed by atoms with E-state index in [9.17, 15) is 12.8 Å². The number of fused-ring (bicyclic) bond motifs is 2. The van der Waals surface area contributed by atoms with Crippen LogP contribution in [-0.4, -0.2) is 21.2 Å². The highest BCUT2D eigenvalue weighted by Crippen LogP contribution is 2.40. The van der Waals surface area contributed by atoms with Gasteiger partial charge in [-0.2, -0.15) is 0 Å². The highest BCUT2D eigenvalue weighted by atomic mass is 32.2. The molecule has 1 heterocycles. The number of aliphatic imine (C=N–C) groups is 1. The van der Waals surface area contributed by atoms with Crippen LogP contribution in [0.5, 0.6) is 0 Å². The molecule has 1 unspecified atom stereocenters. The first-order valence-corrected chi connectivity index (χ1v) is 9.96. The minimum atomic E-state index is -3.67. The molecular formula is C19H19FN2O2S. The van der Waals surface area contributed by atoms with E-state index in [1.807, 2.05) is 6.07 Å². The Balaban J connectivity index is 1.76. The Morgan fingerprint density at radius 1 is 1.16 bits per heavy atom. The zero-order chi connectivity index (χ0) is 17.6. The summed E-state index contributed by atoms with van der Waals surface area (Å²) in [6.07, 6.45) is 4.30. The number of halogens is 1. The zero-order valence-corrected chi connectivity index (χ0v) is 14.5. The van der Waals surface area contributed by atoms with Gasteiger partial charge in [-0.3, -0.25) is 4.99 Å². The van der Waals surface area contributed by atoms with Crippen LogP contribution >= 0.6 is 0 Å². The fraction of sp³-hybridized carbons (Fsp3) is 0.316. The third-order valence-corrected chi connectivity index (χ3v) is 7.10. The van der Waals surface area contributed by atoms with Gasteiger partial charge in [0, 0.05) is 11.8 Å². The van der Waals surface area contributed by atoms with Gasteiger partial charge >= 0.3 is 0 Å². The van der Waals surface area contributed by atoms with Gasteiger partial charge < -0.3 is 5.73 Å². The van der Waals surface area contributed by atoms with Gasteiger partial charge in [-0.25, -0.2) is 12.8 Å². The molecular weight excluding hydrogens is 339 g/mol. The number of sulfone groups is 1. The lowest BCUT2D eigenvalue weighted by Gasteiger charge is -2.25. The molecule has 130 valence electrons. The number of aryl methyl sites for hydroxylation is 1. The van der Waals surface area contributed by atoms with E-state index in [1.165, 1.54) is 24.4 Å². The molecule has 0 radical (unpaired) electrons. The van der Waals surface area contributed by atoms with E-state index in [-0.39, 0.29) is 4.90 Å². The molecule has 0 saturated carbocycles. The molecule has 1 aliphatic heterocycles. The van der Waals surface area contributed by atoms with Crippen LogP contribution in [0.2, 0.25) is 0 Å². The summed E-state index contributed by atoms with van der Waals surface area (Å²) < 4.78 is 39.8. The Labute approximate surface area is 146 Å². The SMILES string of the molecule is NCC1CCCc2cc(S(=O)(=O)[C@H]3C=Nc4ccc(F)cc43)ccc21. The van der Waals surface area contributed by atoms with Gasteiger partial charge in [-0.15, -0.1) is 0 Å². The van der Waals surface area contributed by atoms with Crippen molar-refractivity contribution in [3.05, 3.63) is 58.9 Å². The zero-order valence-electron chi connectivity index (χ0n) is 13.7. The predicted octanol–water partition coefficient (Wildman–Crippen LogP) is 3.44. The van der Waals surface area contributed by atoms with Gasteiger partial charge in [0.1, 0.15) is 11.1 Å². The van der Waals surface area contributed by atoms with E-state index in [2.05, 4.69) is 4.99 Å². The fourth-order valence-corrected chi connectivity index (χ4v) is 5.41. The van der Waals surface area contributed by atoms with Gasteiger partial charge in [-0.05, 0) is 73.2 Å². The number of benzene rings is 2. The highest BCUT2D eigenvalue weighted by molar-refractivity contribution is 7.92. The fourth-order valence-electron chi connectivity index (χ4n) is 3.81. The quantitative estimate of drug-likeness (QED) is 0.913. The molecule has 0 aromatic heterocycles. The third kappa shape index (κ3) is 2.69. The van der Waals surface area contributed by atoms with Crippen molar-refractivity contribution in [3.8, 4) is 0 Å². The molecule has 25 heavy (non-hydrogen) atoms. The molecule has 6 heteroatoms. The largest absolute Gasteiger partial charge is 0.330 e. The summed E-state index contributed by atoms with van der Waals surface area (Å²) in [7, 11) is -3.67. The van der Waals surface area contributed by atoms with E-state index < -0.39 is 20.9 Å². The maximum Gasteiger partial charge on any atom is 0.190 e. The van der Waals surface area contributed by atoms with Crippen molar-refractivity contribution in [2.24, 2.45) is 10.7 Å². The number of nitrogens with zero attached hydrogens (tertiary/aromatic N) is 1. The lowest BCUT2D eigenvalue weighted by atomic mass is 9.83. The Hall–Kier alpha value is -2.05. The molecule has 2 N–H and O–H groups in total. The number of nitrogens with two attached hydrogens (primary N) is 1. The first kappa shape index (κ1) is 16.4. The number of hydrogen-bond acceptors (Lipinski definition) is 4.